The summed E-state index contributed by atoms with van der Waals surface area (Å²) in [4.78, 5) is 2.72. The van der Waals surface area contributed by atoms with Gasteiger partial charge in [-0.15, -0.1) is 0 Å². The molecule has 2 N–H and O–H groups in total. The summed E-state index contributed by atoms with van der Waals surface area (Å²) in [5.41, 5.74) is 10.1. The summed E-state index contributed by atoms with van der Waals surface area (Å²) in [7, 11) is 0. The van der Waals surface area contributed by atoms with E-state index in [1.165, 1.54) is 16.9 Å². The fraction of sp³-hybridized carbons (Fsp3) is 0.188. The maximum absolute atomic E-state index is 5.67. The second kappa shape index (κ2) is 5.85. The maximum Gasteiger partial charge on any atom is 0.103 e. The van der Waals surface area contributed by atoms with Crippen molar-refractivity contribution in [2.45, 2.75) is 13.8 Å². The zero-order valence-electron chi connectivity index (χ0n) is 11.3. The molecule has 2 nitrogen and oxygen atoms in total. The van der Waals surface area contributed by atoms with E-state index in [0.717, 1.165) is 12.1 Å². The molecule has 0 bridgehead atoms. The third kappa shape index (κ3) is 2.93. The Hall–Kier alpha value is -1.87. The number of nitrogens with zero attached hydrogens (tertiary/aromatic N) is 1. The van der Waals surface area contributed by atoms with E-state index in [0.29, 0.717) is 4.99 Å². The fourth-order valence-electron chi connectivity index (χ4n) is 2.21. The van der Waals surface area contributed by atoms with E-state index >= 15 is 0 Å². The van der Waals surface area contributed by atoms with Crippen molar-refractivity contribution >= 4 is 28.6 Å². The van der Waals surface area contributed by atoms with Crippen LogP contribution in [0.25, 0.3) is 0 Å². The quantitative estimate of drug-likeness (QED) is 0.857. The van der Waals surface area contributed by atoms with Crippen LogP contribution in [0, 0.1) is 6.92 Å². The number of nitrogens with two attached hydrogens (primary N) is 1. The van der Waals surface area contributed by atoms with Gasteiger partial charge in [0.1, 0.15) is 4.99 Å². The topological polar surface area (TPSA) is 29.3 Å². The molecule has 0 saturated carbocycles. The van der Waals surface area contributed by atoms with Gasteiger partial charge in [0.15, 0.2) is 0 Å². The third-order valence-electron chi connectivity index (χ3n) is 3.16. The Bertz CT molecular complexity index is 579. The molecule has 0 fully saturated rings. The summed E-state index contributed by atoms with van der Waals surface area (Å²) in [5, 5.41) is 0. The van der Waals surface area contributed by atoms with Gasteiger partial charge in [-0.05, 0) is 49.7 Å². The Morgan fingerprint density at radius 2 is 1.84 bits per heavy atom. The Labute approximate surface area is 119 Å². The van der Waals surface area contributed by atoms with E-state index in [-0.39, 0.29) is 0 Å². The molecule has 0 atom stereocenters. The Kier molecular flexibility index (Phi) is 4.17. The highest BCUT2D eigenvalue weighted by molar-refractivity contribution is 7.80. The van der Waals surface area contributed by atoms with Crippen LogP contribution in [0.3, 0.4) is 0 Å². The first-order chi connectivity index (χ1) is 9.13. The molecule has 3 heteroatoms. The number of aryl methyl sites for hydroxylation is 1. The van der Waals surface area contributed by atoms with Crippen LogP contribution in [-0.2, 0) is 0 Å². The van der Waals surface area contributed by atoms with Crippen LogP contribution in [0.4, 0.5) is 11.4 Å². The van der Waals surface area contributed by atoms with Gasteiger partial charge in [-0.1, -0.05) is 30.4 Å². The average Bonchev–Trinajstić information content (AvgIpc) is 2.42. The van der Waals surface area contributed by atoms with Crippen molar-refractivity contribution < 1.29 is 0 Å². The van der Waals surface area contributed by atoms with Crippen LogP contribution in [0.2, 0.25) is 0 Å². The van der Waals surface area contributed by atoms with Crippen LogP contribution in [0.5, 0.6) is 0 Å². The second-order valence-electron chi connectivity index (χ2n) is 4.45. The standard InChI is InChI=1S/C16H18N2S/c1-3-18(14-7-5-4-6-8-14)15-10-9-13(16(17)19)11-12(15)2/h4-11H,3H2,1-2H3,(H2,17,19). The predicted molar refractivity (Wildman–Crippen MR) is 86.2 cm³/mol. The number of thiocarbonyl (C=S) groups is 1. The van der Waals surface area contributed by atoms with Crippen LogP contribution >= 0.6 is 12.2 Å². The second-order valence-corrected chi connectivity index (χ2v) is 4.89. The molecule has 0 aliphatic heterocycles. The summed E-state index contributed by atoms with van der Waals surface area (Å²) in [5.74, 6) is 0. The first-order valence-electron chi connectivity index (χ1n) is 6.36. The molecule has 0 radical (unpaired) electrons. The highest BCUT2D eigenvalue weighted by Crippen LogP contribution is 2.28. The lowest BCUT2D eigenvalue weighted by Crippen LogP contribution is -2.18. The first kappa shape index (κ1) is 13.6. The van der Waals surface area contributed by atoms with Gasteiger partial charge in [-0.2, -0.15) is 0 Å². The Balaban J connectivity index is 2.42. The smallest absolute Gasteiger partial charge is 0.103 e. The molecule has 98 valence electrons. The van der Waals surface area contributed by atoms with Gasteiger partial charge in [0.2, 0.25) is 0 Å². The molecule has 0 saturated heterocycles. The highest BCUT2D eigenvalue weighted by Gasteiger charge is 2.10. The Morgan fingerprint density at radius 3 is 2.37 bits per heavy atom. The van der Waals surface area contributed by atoms with Crippen molar-refractivity contribution in [2.24, 2.45) is 5.73 Å². The van der Waals surface area contributed by atoms with Crippen LogP contribution < -0.4 is 10.6 Å². The van der Waals surface area contributed by atoms with Crippen molar-refractivity contribution in [1.29, 1.82) is 0 Å². The van der Waals surface area contributed by atoms with E-state index < -0.39 is 0 Å². The largest absolute Gasteiger partial charge is 0.389 e. The molecule has 0 aromatic heterocycles. The van der Waals surface area contributed by atoms with Gasteiger partial charge < -0.3 is 10.6 Å². The number of para-hydroxylation sites is 1. The van der Waals surface area contributed by atoms with E-state index in [2.05, 4.69) is 49.1 Å². The first-order valence-corrected chi connectivity index (χ1v) is 6.77. The predicted octanol–water partition coefficient (Wildman–Crippen LogP) is 3.79. The van der Waals surface area contributed by atoms with E-state index in [4.69, 9.17) is 18.0 Å². The van der Waals surface area contributed by atoms with Crippen molar-refractivity contribution in [3.05, 3.63) is 59.7 Å². The van der Waals surface area contributed by atoms with Crippen molar-refractivity contribution in [2.75, 3.05) is 11.4 Å². The van der Waals surface area contributed by atoms with E-state index in [9.17, 15) is 0 Å². The van der Waals surface area contributed by atoms with Gasteiger partial charge >= 0.3 is 0 Å². The van der Waals surface area contributed by atoms with E-state index in [1.54, 1.807) is 0 Å². The third-order valence-corrected chi connectivity index (χ3v) is 3.39. The fourth-order valence-corrected chi connectivity index (χ4v) is 2.34. The summed E-state index contributed by atoms with van der Waals surface area (Å²) in [6, 6.07) is 16.5. The summed E-state index contributed by atoms with van der Waals surface area (Å²) in [6.45, 7) is 5.15. The number of hydrogen-bond acceptors (Lipinski definition) is 2. The van der Waals surface area contributed by atoms with Gasteiger partial charge in [0.05, 0.1) is 0 Å². The molecule has 2 aromatic carbocycles. The molecule has 0 aliphatic rings. The number of hydrogen-bond donors (Lipinski definition) is 1. The number of benzene rings is 2. The average molecular weight is 270 g/mol. The molecular formula is C16H18N2S. The van der Waals surface area contributed by atoms with Gasteiger partial charge in [0, 0.05) is 23.5 Å². The molecule has 0 amide bonds. The minimum atomic E-state index is 0.442. The van der Waals surface area contributed by atoms with Crippen LogP contribution in [0.15, 0.2) is 48.5 Å². The van der Waals surface area contributed by atoms with Crippen molar-refractivity contribution in [3.8, 4) is 0 Å². The number of rotatable bonds is 4. The molecule has 0 unspecified atom stereocenters. The summed E-state index contributed by atoms with van der Waals surface area (Å²) >= 11 is 5.02. The zero-order chi connectivity index (χ0) is 13.8. The summed E-state index contributed by atoms with van der Waals surface area (Å²) in [6.07, 6.45) is 0. The van der Waals surface area contributed by atoms with Crippen LogP contribution in [0.1, 0.15) is 18.1 Å². The summed E-state index contributed by atoms with van der Waals surface area (Å²) < 4.78 is 0. The van der Waals surface area contributed by atoms with Crippen molar-refractivity contribution in [3.63, 3.8) is 0 Å². The van der Waals surface area contributed by atoms with E-state index in [1.807, 2.05) is 18.2 Å². The molecule has 2 aromatic rings. The molecule has 19 heavy (non-hydrogen) atoms. The molecule has 2 rings (SSSR count). The zero-order valence-corrected chi connectivity index (χ0v) is 12.1. The minimum Gasteiger partial charge on any atom is -0.389 e. The lowest BCUT2D eigenvalue weighted by atomic mass is 10.1. The number of anilines is 2. The SMILES string of the molecule is CCN(c1ccccc1)c1ccc(C(N)=S)cc1C. The molecule has 0 aliphatic carbocycles. The van der Waals surface area contributed by atoms with Gasteiger partial charge in [-0.25, -0.2) is 0 Å². The lowest BCUT2D eigenvalue weighted by molar-refractivity contribution is 1.02. The van der Waals surface area contributed by atoms with Crippen molar-refractivity contribution in [1.82, 2.24) is 0 Å². The molecular weight excluding hydrogens is 252 g/mol. The van der Waals surface area contributed by atoms with Gasteiger partial charge in [0.25, 0.3) is 0 Å². The maximum atomic E-state index is 5.67. The molecule has 0 heterocycles. The molecule has 0 spiro atoms. The van der Waals surface area contributed by atoms with Gasteiger partial charge in [-0.3, -0.25) is 0 Å². The normalized spacial score (nSPS) is 10.2. The Morgan fingerprint density at radius 1 is 1.16 bits per heavy atom. The van der Waals surface area contributed by atoms with Crippen LogP contribution in [-0.4, -0.2) is 11.5 Å². The highest BCUT2D eigenvalue weighted by atomic mass is 32.1. The lowest BCUT2D eigenvalue weighted by Gasteiger charge is -2.25. The monoisotopic (exact) mass is 270 g/mol. The minimum absolute atomic E-state index is 0.442.